The van der Waals surface area contributed by atoms with Crippen LogP contribution in [0.25, 0.3) is 0 Å². The molecule has 0 aromatic heterocycles. The molecular formula is C14H22N2O3. The Morgan fingerprint density at radius 3 is 2.79 bits per heavy atom. The van der Waals surface area contributed by atoms with Gasteiger partial charge in [-0.2, -0.15) is 0 Å². The van der Waals surface area contributed by atoms with Crippen LogP contribution >= 0.6 is 0 Å². The first kappa shape index (κ1) is 15.3. The average Bonchev–Trinajstić information content (AvgIpc) is 2.43. The quantitative estimate of drug-likeness (QED) is 0.700. The van der Waals surface area contributed by atoms with Gasteiger partial charge in [0.1, 0.15) is 0 Å². The second-order valence-electron chi connectivity index (χ2n) is 4.43. The van der Waals surface area contributed by atoms with Gasteiger partial charge in [-0.05, 0) is 24.6 Å². The SMILES string of the molecule is CCCCC(CN)NC(=O)c1ccc(OC)c(O)c1. The second kappa shape index (κ2) is 7.63. The molecule has 0 fully saturated rings. The molecule has 1 aromatic rings. The minimum Gasteiger partial charge on any atom is -0.504 e. The Labute approximate surface area is 113 Å². The highest BCUT2D eigenvalue weighted by atomic mass is 16.5. The van der Waals surface area contributed by atoms with Crippen LogP contribution in [0.1, 0.15) is 36.5 Å². The summed E-state index contributed by atoms with van der Waals surface area (Å²) in [5.41, 5.74) is 6.03. The van der Waals surface area contributed by atoms with Crippen LogP contribution in [-0.2, 0) is 0 Å². The molecule has 0 radical (unpaired) electrons. The summed E-state index contributed by atoms with van der Waals surface area (Å²) >= 11 is 0. The number of benzene rings is 1. The highest BCUT2D eigenvalue weighted by molar-refractivity contribution is 5.95. The third-order valence-corrected chi connectivity index (χ3v) is 2.97. The fourth-order valence-electron chi connectivity index (χ4n) is 1.80. The molecular weight excluding hydrogens is 244 g/mol. The summed E-state index contributed by atoms with van der Waals surface area (Å²) in [4.78, 5) is 12.0. The van der Waals surface area contributed by atoms with Gasteiger partial charge in [-0.1, -0.05) is 19.8 Å². The minimum atomic E-state index is -0.232. The maximum atomic E-state index is 12.0. The molecule has 5 heteroatoms. The van der Waals surface area contributed by atoms with E-state index in [0.29, 0.717) is 17.9 Å². The van der Waals surface area contributed by atoms with Gasteiger partial charge in [0, 0.05) is 18.2 Å². The molecule has 1 aromatic carbocycles. The smallest absolute Gasteiger partial charge is 0.251 e. The third-order valence-electron chi connectivity index (χ3n) is 2.97. The summed E-state index contributed by atoms with van der Waals surface area (Å²) in [6.07, 6.45) is 2.95. The van der Waals surface area contributed by atoms with Gasteiger partial charge in [0.15, 0.2) is 11.5 Å². The zero-order chi connectivity index (χ0) is 14.3. The highest BCUT2D eigenvalue weighted by Gasteiger charge is 2.13. The van der Waals surface area contributed by atoms with Crippen molar-refractivity contribution in [1.29, 1.82) is 0 Å². The Bertz CT molecular complexity index is 421. The van der Waals surface area contributed by atoms with E-state index in [9.17, 15) is 9.90 Å². The number of methoxy groups -OCH3 is 1. The zero-order valence-electron chi connectivity index (χ0n) is 11.5. The maximum Gasteiger partial charge on any atom is 0.251 e. The van der Waals surface area contributed by atoms with Crippen LogP contribution in [0.4, 0.5) is 0 Å². The number of phenolic OH excluding ortho intramolecular Hbond substituents is 1. The zero-order valence-corrected chi connectivity index (χ0v) is 11.5. The molecule has 0 saturated heterocycles. The van der Waals surface area contributed by atoms with Crippen LogP contribution in [0.15, 0.2) is 18.2 Å². The summed E-state index contributed by atoms with van der Waals surface area (Å²) in [5, 5.41) is 12.5. The van der Waals surface area contributed by atoms with E-state index in [0.717, 1.165) is 19.3 Å². The monoisotopic (exact) mass is 266 g/mol. The van der Waals surface area contributed by atoms with E-state index in [1.165, 1.54) is 13.2 Å². The van der Waals surface area contributed by atoms with Gasteiger partial charge in [-0.3, -0.25) is 4.79 Å². The molecule has 0 heterocycles. The van der Waals surface area contributed by atoms with Crippen molar-refractivity contribution in [3.63, 3.8) is 0 Å². The number of hydrogen-bond donors (Lipinski definition) is 3. The lowest BCUT2D eigenvalue weighted by atomic mass is 10.1. The molecule has 0 aliphatic heterocycles. The van der Waals surface area contributed by atoms with Crippen LogP contribution in [0, 0.1) is 0 Å². The molecule has 0 spiro atoms. The van der Waals surface area contributed by atoms with Crippen molar-refractivity contribution in [2.45, 2.75) is 32.2 Å². The summed E-state index contributed by atoms with van der Waals surface area (Å²) in [5.74, 6) is 0.0652. The minimum absolute atomic E-state index is 0.0308. The molecule has 0 saturated carbocycles. The molecule has 0 aliphatic rings. The summed E-state index contributed by atoms with van der Waals surface area (Å²) in [6, 6.07) is 4.54. The molecule has 106 valence electrons. The lowest BCUT2D eigenvalue weighted by molar-refractivity contribution is 0.0935. The van der Waals surface area contributed by atoms with Gasteiger partial charge in [-0.25, -0.2) is 0 Å². The van der Waals surface area contributed by atoms with E-state index in [1.54, 1.807) is 12.1 Å². The number of carbonyl (C=O) groups excluding carboxylic acids is 1. The number of ether oxygens (including phenoxy) is 1. The molecule has 1 atom stereocenters. The molecule has 1 amide bonds. The molecule has 4 N–H and O–H groups in total. The number of rotatable bonds is 7. The number of unbranched alkanes of at least 4 members (excludes halogenated alkanes) is 1. The van der Waals surface area contributed by atoms with Gasteiger partial charge in [0.25, 0.3) is 5.91 Å². The van der Waals surface area contributed by atoms with Crippen molar-refractivity contribution in [1.82, 2.24) is 5.32 Å². The van der Waals surface area contributed by atoms with E-state index < -0.39 is 0 Å². The first-order valence-electron chi connectivity index (χ1n) is 6.50. The van der Waals surface area contributed by atoms with Crippen molar-refractivity contribution in [2.75, 3.05) is 13.7 Å². The topological polar surface area (TPSA) is 84.6 Å². The van der Waals surface area contributed by atoms with E-state index in [1.807, 2.05) is 0 Å². The van der Waals surface area contributed by atoms with Crippen LogP contribution < -0.4 is 15.8 Å². The van der Waals surface area contributed by atoms with Crippen molar-refractivity contribution in [3.05, 3.63) is 23.8 Å². The first-order valence-corrected chi connectivity index (χ1v) is 6.50. The lowest BCUT2D eigenvalue weighted by Crippen LogP contribution is -2.40. The number of carbonyl (C=O) groups is 1. The van der Waals surface area contributed by atoms with E-state index in [-0.39, 0.29) is 17.7 Å². The van der Waals surface area contributed by atoms with Crippen LogP contribution in [0.5, 0.6) is 11.5 Å². The number of nitrogens with two attached hydrogens (primary N) is 1. The Kier molecular flexibility index (Phi) is 6.15. The molecule has 1 rings (SSSR count). The van der Waals surface area contributed by atoms with Crippen LogP contribution in [0.3, 0.4) is 0 Å². The van der Waals surface area contributed by atoms with Crippen molar-refractivity contribution in [2.24, 2.45) is 5.73 Å². The third kappa shape index (κ3) is 4.44. The Balaban J connectivity index is 2.69. The Morgan fingerprint density at radius 1 is 1.53 bits per heavy atom. The van der Waals surface area contributed by atoms with Gasteiger partial charge >= 0.3 is 0 Å². The number of nitrogens with one attached hydrogen (secondary N) is 1. The van der Waals surface area contributed by atoms with E-state index in [4.69, 9.17) is 10.5 Å². The van der Waals surface area contributed by atoms with Gasteiger partial charge in [-0.15, -0.1) is 0 Å². The number of hydrogen-bond acceptors (Lipinski definition) is 4. The molecule has 19 heavy (non-hydrogen) atoms. The second-order valence-corrected chi connectivity index (χ2v) is 4.43. The van der Waals surface area contributed by atoms with Gasteiger partial charge in [0.2, 0.25) is 0 Å². The molecule has 1 unspecified atom stereocenters. The van der Waals surface area contributed by atoms with Crippen LogP contribution in [0.2, 0.25) is 0 Å². The largest absolute Gasteiger partial charge is 0.504 e. The highest BCUT2D eigenvalue weighted by Crippen LogP contribution is 2.26. The van der Waals surface area contributed by atoms with Gasteiger partial charge in [0.05, 0.1) is 7.11 Å². The lowest BCUT2D eigenvalue weighted by Gasteiger charge is -2.16. The number of aromatic hydroxyl groups is 1. The molecule has 5 nitrogen and oxygen atoms in total. The number of phenols is 1. The predicted octanol–water partition coefficient (Wildman–Crippen LogP) is 1.65. The van der Waals surface area contributed by atoms with Gasteiger partial charge < -0.3 is 20.9 Å². The summed E-state index contributed by atoms with van der Waals surface area (Å²) in [6.45, 7) is 2.50. The fraction of sp³-hybridized carbons (Fsp3) is 0.500. The Morgan fingerprint density at radius 2 is 2.26 bits per heavy atom. The summed E-state index contributed by atoms with van der Waals surface area (Å²) < 4.78 is 4.93. The first-order chi connectivity index (χ1) is 9.12. The van der Waals surface area contributed by atoms with E-state index >= 15 is 0 Å². The molecule has 0 aliphatic carbocycles. The maximum absolute atomic E-state index is 12.0. The summed E-state index contributed by atoms with van der Waals surface area (Å²) in [7, 11) is 1.46. The predicted molar refractivity (Wildman–Crippen MR) is 74.5 cm³/mol. The molecule has 0 bridgehead atoms. The number of amides is 1. The van der Waals surface area contributed by atoms with E-state index in [2.05, 4.69) is 12.2 Å². The standard InChI is InChI=1S/C14H22N2O3/c1-3-4-5-11(9-15)16-14(18)10-6-7-13(19-2)12(17)8-10/h6-8,11,17H,3-5,9,15H2,1-2H3,(H,16,18). The normalized spacial score (nSPS) is 11.9. The average molecular weight is 266 g/mol. The fourth-order valence-corrected chi connectivity index (χ4v) is 1.80. The van der Waals surface area contributed by atoms with Crippen molar-refractivity contribution in [3.8, 4) is 11.5 Å². The van der Waals surface area contributed by atoms with Crippen molar-refractivity contribution >= 4 is 5.91 Å². The Hall–Kier alpha value is -1.75. The van der Waals surface area contributed by atoms with Crippen molar-refractivity contribution < 1.29 is 14.6 Å². The van der Waals surface area contributed by atoms with Crippen LogP contribution in [-0.4, -0.2) is 30.7 Å².